The minimum Gasteiger partial charge on any atom is -0.383 e. The minimum atomic E-state index is 0.0664. The molecule has 0 aromatic heterocycles. The molecule has 160 valence electrons. The highest BCUT2D eigenvalue weighted by atomic mass is 16.7. The van der Waals surface area contributed by atoms with Gasteiger partial charge in [0.25, 0.3) is 0 Å². The molecule has 8 heteroatoms. The molecule has 0 aromatic rings. The van der Waals surface area contributed by atoms with Crippen LogP contribution in [0.4, 0.5) is 0 Å². The van der Waals surface area contributed by atoms with Crippen molar-refractivity contribution in [2.75, 3.05) is 54.6 Å². The van der Waals surface area contributed by atoms with Gasteiger partial charge in [-0.2, -0.15) is 5.06 Å². The highest BCUT2D eigenvalue weighted by Gasteiger charge is 2.35. The van der Waals surface area contributed by atoms with Crippen LogP contribution in [0.5, 0.6) is 0 Å². The Hall–Kier alpha value is -0.900. The van der Waals surface area contributed by atoms with Gasteiger partial charge in [-0.25, -0.2) is 10.5 Å². The molecule has 0 saturated heterocycles. The Morgan fingerprint density at radius 1 is 1.15 bits per heavy atom. The second-order valence-electron chi connectivity index (χ2n) is 7.92. The lowest BCUT2D eigenvalue weighted by atomic mass is 9.86. The lowest BCUT2D eigenvalue weighted by Crippen LogP contribution is -2.56. The maximum atomic E-state index is 5.53. The second kappa shape index (κ2) is 11.8. The van der Waals surface area contributed by atoms with Crippen molar-refractivity contribution in [3.05, 3.63) is 11.9 Å². The van der Waals surface area contributed by atoms with Crippen LogP contribution in [0.1, 0.15) is 40.5 Å². The Kier molecular flexibility index (Phi) is 10.6. The summed E-state index contributed by atoms with van der Waals surface area (Å²) in [5.41, 5.74) is 2.95. The fourth-order valence-corrected chi connectivity index (χ4v) is 2.97. The average molecular weight is 388 g/mol. The number of hydrogen-bond acceptors (Lipinski definition) is 8. The lowest BCUT2D eigenvalue weighted by Gasteiger charge is -2.46. The first-order valence-corrected chi connectivity index (χ1v) is 9.79. The third kappa shape index (κ3) is 7.93. The van der Waals surface area contributed by atoms with Crippen molar-refractivity contribution >= 4 is 0 Å². The maximum Gasteiger partial charge on any atom is 0.111 e. The van der Waals surface area contributed by atoms with E-state index in [0.29, 0.717) is 31.8 Å². The molecule has 0 amide bonds. The molecule has 1 saturated carbocycles. The summed E-state index contributed by atoms with van der Waals surface area (Å²) in [7, 11) is 7.61. The van der Waals surface area contributed by atoms with Gasteiger partial charge in [-0.15, -0.1) is 0 Å². The van der Waals surface area contributed by atoms with Crippen molar-refractivity contribution in [3.63, 3.8) is 0 Å². The highest BCUT2D eigenvalue weighted by molar-refractivity contribution is 5.02. The largest absolute Gasteiger partial charge is 0.383 e. The first kappa shape index (κ1) is 24.1. The number of allylic oxidation sites excluding steroid dienone is 1. The van der Waals surface area contributed by atoms with Crippen molar-refractivity contribution in [3.8, 4) is 0 Å². The molecule has 0 heterocycles. The molecule has 1 aliphatic rings. The number of nitrogens with zero attached hydrogens (tertiary/aromatic N) is 3. The van der Waals surface area contributed by atoms with Crippen LogP contribution in [0.3, 0.4) is 0 Å². The molecular weight excluding hydrogens is 346 g/mol. The number of hydroxylamine groups is 3. The second-order valence-corrected chi connectivity index (χ2v) is 7.92. The van der Waals surface area contributed by atoms with Crippen LogP contribution in [0.15, 0.2) is 11.9 Å². The number of hydrazine groups is 1. The third-order valence-electron chi connectivity index (χ3n) is 5.07. The Morgan fingerprint density at radius 3 is 2.33 bits per heavy atom. The fraction of sp³-hybridized carbons (Fsp3) is 0.895. The summed E-state index contributed by atoms with van der Waals surface area (Å²) in [6, 6.07) is 0.870. The molecule has 8 nitrogen and oxygen atoms in total. The smallest absolute Gasteiger partial charge is 0.111 e. The Bertz CT molecular complexity index is 436. The molecule has 0 aliphatic heterocycles. The molecule has 1 aliphatic carbocycles. The van der Waals surface area contributed by atoms with Crippen LogP contribution in [-0.2, 0) is 14.4 Å². The van der Waals surface area contributed by atoms with Crippen LogP contribution in [0, 0.1) is 0 Å². The van der Waals surface area contributed by atoms with Gasteiger partial charge in [0, 0.05) is 51.9 Å². The first-order chi connectivity index (χ1) is 12.7. The van der Waals surface area contributed by atoms with Gasteiger partial charge in [-0.1, -0.05) is 0 Å². The summed E-state index contributed by atoms with van der Waals surface area (Å²) in [5, 5.41) is 10.1. The number of hydrogen-bond donors (Lipinski definition) is 2. The number of methoxy groups -OCH3 is 1. The summed E-state index contributed by atoms with van der Waals surface area (Å²) in [6.45, 7) is 11.3. The van der Waals surface area contributed by atoms with Gasteiger partial charge in [-0.05, 0) is 46.6 Å². The maximum absolute atomic E-state index is 5.53. The summed E-state index contributed by atoms with van der Waals surface area (Å²) in [6.07, 6.45) is 4.23. The van der Waals surface area contributed by atoms with Crippen LogP contribution in [-0.4, -0.2) is 87.3 Å². The number of ether oxygens (including phenoxy) is 1. The Balaban J connectivity index is 2.35. The molecule has 0 atom stereocenters. The monoisotopic (exact) mass is 387 g/mol. The zero-order valence-corrected chi connectivity index (χ0v) is 18.5. The van der Waals surface area contributed by atoms with Crippen LogP contribution < -0.4 is 10.8 Å². The predicted octanol–water partition coefficient (Wildman–Crippen LogP) is 1.58. The molecule has 0 unspecified atom stereocenters. The summed E-state index contributed by atoms with van der Waals surface area (Å²) in [5.74, 6) is 1.13. The van der Waals surface area contributed by atoms with E-state index >= 15 is 0 Å². The first-order valence-electron chi connectivity index (χ1n) is 9.79. The molecule has 0 spiro atoms. The minimum absolute atomic E-state index is 0.0664. The van der Waals surface area contributed by atoms with Gasteiger partial charge < -0.3 is 19.7 Å². The number of rotatable bonds is 13. The van der Waals surface area contributed by atoms with E-state index in [0.717, 1.165) is 25.2 Å². The van der Waals surface area contributed by atoms with E-state index in [2.05, 4.69) is 68.7 Å². The molecule has 0 aromatic carbocycles. The zero-order valence-electron chi connectivity index (χ0n) is 18.5. The van der Waals surface area contributed by atoms with E-state index < -0.39 is 0 Å². The van der Waals surface area contributed by atoms with Crippen molar-refractivity contribution in [2.24, 2.45) is 0 Å². The Labute approximate surface area is 165 Å². The van der Waals surface area contributed by atoms with Crippen molar-refractivity contribution < 1.29 is 14.4 Å². The van der Waals surface area contributed by atoms with Crippen LogP contribution in [0.25, 0.3) is 0 Å². The average Bonchev–Trinajstić information content (AvgIpc) is 2.59. The van der Waals surface area contributed by atoms with Gasteiger partial charge in [-0.3, -0.25) is 5.01 Å². The third-order valence-corrected chi connectivity index (χ3v) is 5.07. The van der Waals surface area contributed by atoms with Crippen molar-refractivity contribution in [1.82, 2.24) is 25.9 Å². The molecule has 27 heavy (non-hydrogen) atoms. The summed E-state index contributed by atoms with van der Waals surface area (Å²) < 4.78 is 4.96. The molecule has 2 N–H and O–H groups in total. The van der Waals surface area contributed by atoms with Gasteiger partial charge in [0.1, 0.15) is 5.82 Å². The predicted molar refractivity (Wildman–Crippen MR) is 109 cm³/mol. The van der Waals surface area contributed by atoms with E-state index in [-0.39, 0.29) is 5.54 Å². The van der Waals surface area contributed by atoms with E-state index in [4.69, 9.17) is 14.4 Å². The van der Waals surface area contributed by atoms with Gasteiger partial charge in [0.15, 0.2) is 0 Å². The molecule has 0 radical (unpaired) electrons. The fourth-order valence-electron chi connectivity index (χ4n) is 2.97. The van der Waals surface area contributed by atoms with E-state index in [1.54, 1.807) is 14.2 Å². The molecule has 0 bridgehead atoms. The topological polar surface area (TPSA) is 61.5 Å². The Morgan fingerprint density at radius 2 is 1.81 bits per heavy atom. The van der Waals surface area contributed by atoms with E-state index in [1.165, 1.54) is 0 Å². The summed E-state index contributed by atoms with van der Waals surface area (Å²) >= 11 is 0. The van der Waals surface area contributed by atoms with Gasteiger partial charge in [0.05, 0.1) is 20.3 Å². The number of nitrogens with one attached hydrogen (secondary N) is 2. The quantitative estimate of drug-likeness (QED) is 0.365. The normalized spacial score (nSPS) is 20.9. The van der Waals surface area contributed by atoms with Crippen molar-refractivity contribution in [2.45, 2.75) is 58.2 Å². The molecule has 1 rings (SSSR count). The van der Waals surface area contributed by atoms with Crippen LogP contribution >= 0.6 is 0 Å². The van der Waals surface area contributed by atoms with E-state index in [9.17, 15) is 0 Å². The van der Waals surface area contributed by atoms with E-state index in [1.807, 2.05) is 5.06 Å². The molecule has 1 fully saturated rings. The SMILES string of the molecule is C/C=C(/NC1CC(N(CCONCCOC)OC)C1)N(C)N(C)C(C)(C)C. The highest BCUT2D eigenvalue weighted by Crippen LogP contribution is 2.27. The lowest BCUT2D eigenvalue weighted by molar-refractivity contribution is -0.192. The standard InChI is InChI=1S/C19H41N5O3/c1-9-18(22(5)23(6)19(2,3)4)21-16-14-17(15-16)24(26-8)11-13-27-20-10-12-25-7/h9,16-17,20-21H,10-15H2,1-8H3/b18-9-. The van der Waals surface area contributed by atoms with Gasteiger partial charge in [0.2, 0.25) is 0 Å². The van der Waals surface area contributed by atoms with Gasteiger partial charge >= 0.3 is 0 Å². The zero-order chi connectivity index (χ0) is 20.4. The summed E-state index contributed by atoms with van der Waals surface area (Å²) in [4.78, 5) is 10.9. The molecular formula is C19H41N5O3. The van der Waals surface area contributed by atoms with Crippen LogP contribution in [0.2, 0.25) is 0 Å². The van der Waals surface area contributed by atoms with Crippen molar-refractivity contribution in [1.29, 1.82) is 0 Å².